The zero-order valence-electron chi connectivity index (χ0n) is 11.1. The van der Waals surface area contributed by atoms with Crippen molar-refractivity contribution in [2.75, 3.05) is 12.4 Å². The number of carboxylic acids is 1. The molecule has 2 aromatic rings. The van der Waals surface area contributed by atoms with Gasteiger partial charge in [0.15, 0.2) is 0 Å². The largest absolute Gasteiger partial charge is 0.492 e. The van der Waals surface area contributed by atoms with E-state index in [0.717, 1.165) is 5.75 Å². The fourth-order valence-electron chi connectivity index (χ4n) is 2.35. The van der Waals surface area contributed by atoms with Crippen LogP contribution >= 0.6 is 23.4 Å². The number of carboxylic acid groups (broad SMARTS) is 1. The number of benzene rings is 2. The predicted molar refractivity (Wildman–Crippen MR) is 83.8 cm³/mol. The molecule has 5 heteroatoms. The highest BCUT2D eigenvalue weighted by Gasteiger charge is 2.24. The highest BCUT2D eigenvalue weighted by Crippen LogP contribution is 2.39. The van der Waals surface area contributed by atoms with Crippen LogP contribution in [0.3, 0.4) is 0 Å². The number of halogens is 1. The summed E-state index contributed by atoms with van der Waals surface area (Å²) in [6.07, 6.45) is 0. The van der Waals surface area contributed by atoms with Crippen LogP contribution in [0.25, 0.3) is 0 Å². The number of fused-ring (bicyclic) bond motifs is 1. The first-order valence-electron chi connectivity index (χ1n) is 6.52. The highest BCUT2D eigenvalue weighted by atomic mass is 35.5. The Kier molecular flexibility index (Phi) is 4.08. The molecule has 108 valence electrons. The molecule has 3 nitrogen and oxygen atoms in total. The molecule has 1 unspecified atom stereocenters. The summed E-state index contributed by atoms with van der Waals surface area (Å²) in [4.78, 5) is 12.5. The molecule has 0 amide bonds. The van der Waals surface area contributed by atoms with Crippen LogP contribution in [0.2, 0.25) is 5.02 Å². The van der Waals surface area contributed by atoms with Crippen LogP contribution in [0.4, 0.5) is 0 Å². The molecule has 0 fully saturated rings. The molecule has 0 aromatic heterocycles. The van der Waals surface area contributed by atoms with Crippen molar-refractivity contribution < 1.29 is 14.6 Å². The predicted octanol–water partition coefficient (Wildman–Crippen LogP) is 4.31. The second-order valence-electron chi connectivity index (χ2n) is 4.80. The van der Waals surface area contributed by atoms with Gasteiger partial charge in [0.1, 0.15) is 11.3 Å². The van der Waals surface area contributed by atoms with E-state index in [1.807, 2.05) is 12.1 Å². The summed E-state index contributed by atoms with van der Waals surface area (Å²) < 4.78 is 5.74. The van der Waals surface area contributed by atoms with Gasteiger partial charge in [-0.1, -0.05) is 29.8 Å². The van der Waals surface area contributed by atoms with Crippen LogP contribution in [0.15, 0.2) is 47.4 Å². The number of thioether (sulfide) groups is 1. The minimum absolute atomic E-state index is 0.0986. The minimum atomic E-state index is -1.03. The molecule has 1 aliphatic rings. The SMILES string of the molecule is O=C(O)c1cc(Cl)ccc1OCC1CSc2ccccc21. The van der Waals surface area contributed by atoms with Gasteiger partial charge in [0, 0.05) is 21.6 Å². The minimum Gasteiger partial charge on any atom is -0.492 e. The Morgan fingerprint density at radius 2 is 2.14 bits per heavy atom. The highest BCUT2D eigenvalue weighted by molar-refractivity contribution is 7.99. The van der Waals surface area contributed by atoms with E-state index in [2.05, 4.69) is 12.1 Å². The van der Waals surface area contributed by atoms with Gasteiger partial charge < -0.3 is 9.84 Å². The van der Waals surface area contributed by atoms with E-state index in [9.17, 15) is 9.90 Å². The standard InChI is InChI=1S/C16H13ClO3S/c17-11-5-6-14(13(7-11)16(18)19)20-8-10-9-21-15-4-2-1-3-12(10)15/h1-7,10H,8-9H2,(H,18,19). The smallest absolute Gasteiger partial charge is 0.339 e. The Balaban J connectivity index is 1.76. The van der Waals surface area contributed by atoms with Crippen molar-refractivity contribution >= 4 is 29.3 Å². The first-order valence-corrected chi connectivity index (χ1v) is 7.89. The zero-order chi connectivity index (χ0) is 14.8. The van der Waals surface area contributed by atoms with Crippen LogP contribution in [-0.4, -0.2) is 23.4 Å². The molecule has 1 N–H and O–H groups in total. The van der Waals surface area contributed by atoms with Gasteiger partial charge in [-0.2, -0.15) is 0 Å². The second kappa shape index (κ2) is 6.00. The van der Waals surface area contributed by atoms with Gasteiger partial charge in [0.05, 0.1) is 6.61 Å². The number of aromatic carboxylic acids is 1. The van der Waals surface area contributed by atoms with Gasteiger partial charge in [-0.05, 0) is 29.8 Å². The van der Waals surface area contributed by atoms with Crippen LogP contribution < -0.4 is 4.74 Å². The average molecular weight is 321 g/mol. The summed E-state index contributed by atoms with van der Waals surface area (Å²) >= 11 is 7.64. The van der Waals surface area contributed by atoms with Crippen LogP contribution in [0, 0.1) is 0 Å². The molecule has 1 aliphatic heterocycles. The Labute approximate surface area is 131 Å². The van der Waals surface area contributed by atoms with E-state index < -0.39 is 5.97 Å². The molecule has 0 saturated heterocycles. The summed E-state index contributed by atoms with van der Waals surface area (Å²) in [5, 5.41) is 9.59. The molecule has 3 rings (SSSR count). The molecular weight excluding hydrogens is 308 g/mol. The topological polar surface area (TPSA) is 46.5 Å². The lowest BCUT2D eigenvalue weighted by Crippen LogP contribution is -2.12. The van der Waals surface area contributed by atoms with Crippen molar-refractivity contribution in [3.63, 3.8) is 0 Å². The van der Waals surface area contributed by atoms with Crippen LogP contribution in [-0.2, 0) is 0 Å². The lowest BCUT2D eigenvalue weighted by atomic mass is 10.0. The lowest BCUT2D eigenvalue weighted by Gasteiger charge is -2.14. The molecule has 0 spiro atoms. The fourth-order valence-corrected chi connectivity index (χ4v) is 3.76. The maximum Gasteiger partial charge on any atom is 0.339 e. The third-order valence-corrected chi connectivity index (χ3v) is 4.90. The average Bonchev–Trinajstić information content (AvgIpc) is 2.89. The third-order valence-electron chi connectivity index (χ3n) is 3.41. The van der Waals surface area contributed by atoms with E-state index in [-0.39, 0.29) is 11.5 Å². The fraction of sp³-hybridized carbons (Fsp3) is 0.188. The van der Waals surface area contributed by atoms with Gasteiger partial charge in [-0.15, -0.1) is 11.8 Å². The molecule has 1 heterocycles. The molecule has 0 aliphatic carbocycles. The van der Waals surface area contributed by atoms with Crippen molar-refractivity contribution in [2.45, 2.75) is 10.8 Å². The number of hydrogen-bond acceptors (Lipinski definition) is 3. The molecule has 1 atom stereocenters. The summed E-state index contributed by atoms with van der Waals surface area (Å²) in [7, 11) is 0. The number of hydrogen-bond donors (Lipinski definition) is 1. The Morgan fingerprint density at radius 3 is 2.95 bits per heavy atom. The van der Waals surface area contributed by atoms with E-state index >= 15 is 0 Å². The van der Waals surface area contributed by atoms with Crippen molar-refractivity contribution in [3.8, 4) is 5.75 Å². The Hall–Kier alpha value is -1.65. The Bertz CT molecular complexity index is 687. The van der Waals surface area contributed by atoms with E-state index in [4.69, 9.17) is 16.3 Å². The molecule has 2 aromatic carbocycles. The van der Waals surface area contributed by atoms with Gasteiger partial charge in [-0.25, -0.2) is 4.79 Å². The third kappa shape index (κ3) is 3.01. The van der Waals surface area contributed by atoms with Gasteiger partial charge in [0.2, 0.25) is 0 Å². The molecule has 0 saturated carbocycles. The van der Waals surface area contributed by atoms with Crippen LogP contribution in [0.5, 0.6) is 5.75 Å². The number of rotatable bonds is 4. The van der Waals surface area contributed by atoms with Gasteiger partial charge >= 0.3 is 5.97 Å². The van der Waals surface area contributed by atoms with E-state index in [1.54, 1.807) is 23.9 Å². The van der Waals surface area contributed by atoms with E-state index in [1.165, 1.54) is 16.5 Å². The Morgan fingerprint density at radius 1 is 1.33 bits per heavy atom. The lowest BCUT2D eigenvalue weighted by molar-refractivity contribution is 0.0692. The van der Waals surface area contributed by atoms with Gasteiger partial charge in [-0.3, -0.25) is 0 Å². The van der Waals surface area contributed by atoms with Crippen molar-refractivity contribution in [1.29, 1.82) is 0 Å². The van der Waals surface area contributed by atoms with Crippen molar-refractivity contribution in [2.24, 2.45) is 0 Å². The molecular formula is C16H13ClO3S. The van der Waals surface area contributed by atoms with Gasteiger partial charge in [0.25, 0.3) is 0 Å². The first-order chi connectivity index (χ1) is 10.1. The maximum atomic E-state index is 11.2. The number of ether oxygens (including phenoxy) is 1. The van der Waals surface area contributed by atoms with E-state index in [0.29, 0.717) is 17.4 Å². The summed E-state index contributed by atoms with van der Waals surface area (Å²) in [5.41, 5.74) is 1.37. The quantitative estimate of drug-likeness (QED) is 0.912. The van der Waals surface area contributed by atoms with Crippen molar-refractivity contribution in [1.82, 2.24) is 0 Å². The monoisotopic (exact) mass is 320 g/mol. The molecule has 0 bridgehead atoms. The van der Waals surface area contributed by atoms with Crippen LogP contribution in [0.1, 0.15) is 21.8 Å². The zero-order valence-corrected chi connectivity index (χ0v) is 12.7. The first kappa shape index (κ1) is 14.3. The molecule has 0 radical (unpaired) electrons. The summed E-state index contributed by atoms with van der Waals surface area (Å²) in [6, 6.07) is 12.9. The second-order valence-corrected chi connectivity index (χ2v) is 6.30. The summed E-state index contributed by atoms with van der Waals surface area (Å²) in [6.45, 7) is 0.464. The normalized spacial score (nSPS) is 16.5. The number of carbonyl (C=O) groups is 1. The summed E-state index contributed by atoms with van der Waals surface area (Å²) in [5.74, 6) is 0.563. The van der Waals surface area contributed by atoms with Crippen molar-refractivity contribution in [3.05, 3.63) is 58.6 Å². The molecule has 21 heavy (non-hydrogen) atoms. The maximum absolute atomic E-state index is 11.2.